The number of alkyl carbamates (subject to hydrolysis) is 1. The van der Waals surface area contributed by atoms with Gasteiger partial charge in [0.05, 0.1) is 23.2 Å². The molecular formula is C14H17ClF3NO3. The molecule has 1 aromatic rings. The fourth-order valence-corrected chi connectivity index (χ4v) is 1.96. The summed E-state index contributed by atoms with van der Waals surface area (Å²) in [4.78, 5) is 11.7. The maximum Gasteiger partial charge on any atom is 0.417 e. The highest BCUT2D eigenvalue weighted by Gasteiger charge is 2.33. The van der Waals surface area contributed by atoms with E-state index in [1.54, 1.807) is 20.8 Å². The zero-order valence-electron chi connectivity index (χ0n) is 12.3. The molecule has 1 aromatic carbocycles. The normalized spacial score (nSPS) is 13.6. The second-order valence-electron chi connectivity index (χ2n) is 5.62. The van der Waals surface area contributed by atoms with Crippen LogP contribution in [0, 0.1) is 0 Å². The third kappa shape index (κ3) is 5.38. The topological polar surface area (TPSA) is 58.6 Å². The first-order chi connectivity index (χ1) is 9.94. The van der Waals surface area contributed by atoms with Crippen LogP contribution in [0.4, 0.5) is 18.0 Å². The molecule has 1 atom stereocenters. The van der Waals surface area contributed by atoms with Crippen molar-refractivity contribution in [3.05, 3.63) is 34.3 Å². The maximum absolute atomic E-state index is 12.6. The molecule has 0 aliphatic heterocycles. The number of nitrogens with one attached hydrogen (secondary N) is 1. The largest absolute Gasteiger partial charge is 0.444 e. The second-order valence-corrected chi connectivity index (χ2v) is 6.03. The monoisotopic (exact) mass is 339 g/mol. The summed E-state index contributed by atoms with van der Waals surface area (Å²) in [7, 11) is 0. The molecule has 0 saturated carbocycles. The van der Waals surface area contributed by atoms with E-state index in [0.717, 1.165) is 18.2 Å². The van der Waals surface area contributed by atoms with E-state index in [9.17, 15) is 23.1 Å². The molecule has 124 valence electrons. The average molecular weight is 340 g/mol. The molecule has 0 heterocycles. The predicted molar refractivity (Wildman–Crippen MR) is 75.7 cm³/mol. The van der Waals surface area contributed by atoms with Gasteiger partial charge in [0.1, 0.15) is 5.60 Å². The Labute approximate surface area is 131 Å². The number of hydrogen-bond acceptors (Lipinski definition) is 3. The Morgan fingerprint density at radius 3 is 2.36 bits per heavy atom. The SMILES string of the molecule is CC(C)(C)OC(=O)N[C@H](CO)c1ccc(C(F)(F)F)c(Cl)c1. The average Bonchev–Trinajstić information content (AvgIpc) is 2.32. The standard InChI is InChI=1S/C14H17ClF3NO3/c1-13(2,3)22-12(21)19-11(7-20)8-4-5-9(10(15)6-8)14(16,17)18/h4-6,11,20H,7H2,1-3H3,(H,19,21)/t11-/m1/s1. The van der Waals surface area contributed by atoms with Crippen LogP contribution < -0.4 is 5.32 Å². The number of carbonyl (C=O) groups is 1. The third-order valence-corrected chi connectivity index (χ3v) is 2.89. The predicted octanol–water partition coefficient (Wildman–Crippen LogP) is 3.92. The van der Waals surface area contributed by atoms with Crippen molar-refractivity contribution in [3.8, 4) is 0 Å². The highest BCUT2D eigenvalue weighted by molar-refractivity contribution is 6.31. The number of alkyl halides is 3. The Kier molecular flexibility index (Phi) is 5.70. The van der Waals surface area contributed by atoms with Gasteiger partial charge in [-0.15, -0.1) is 0 Å². The number of carbonyl (C=O) groups excluding carboxylic acids is 1. The van der Waals surface area contributed by atoms with Crippen molar-refractivity contribution in [3.63, 3.8) is 0 Å². The summed E-state index contributed by atoms with van der Waals surface area (Å²) in [5.74, 6) is 0. The van der Waals surface area contributed by atoms with Gasteiger partial charge in [-0.05, 0) is 38.5 Å². The maximum atomic E-state index is 12.6. The van der Waals surface area contributed by atoms with Crippen LogP contribution in [-0.2, 0) is 10.9 Å². The van der Waals surface area contributed by atoms with Crippen molar-refractivity contribution in [1.82, 2.24) is 5.32 Å². The highest BCUT2D eigenvalue weighted by Crippen LogP contribution is 2.35. The van der Waals surface area contributed by atoms with Gasteiger partial charge in [0.15, 0.2) is 0 Å². The number of rotatable bonds is 3. The van der Waals surface area contributed by atoms with E-state index in [-0.39, 0.29) is 5.56 Å². The summed E-state index contributed by atoms with van der Waals surface area (Å²) in [6, 6.07) is 2.09. The molecule has 2 N–H and O–H groups in total. The van der Waals surface area contributed by atoms with E-state index >= 15 is 0 Å². The Morgan fingerprint density at radius 2 is 1.95 bits per heavy atom. The molecule has 0 saturated heterocycles. The van der Waals surface area contributed by atoms with Gasteiger partial charge < -0.3 is 15.2 Å². The summed E-state index contributed by atoms with van der Waals surface area (Å²) in [5.41, 5.74) is -1.47. The molecule has 0 aliphatic rings. The Balaban J connectivity index is 2.92. The first-order valence-electron chi connectivity index (χ1n) is 6.41. The molecule has 0 radical (unpaired) electrons. The summed E-state index contributed by atoms with van der Waals surface area (Å²) in [6.07, 6.45) is -5.36. The van der Waals surface area contributed by atoms with E-state index in [1.807, 2.05) is 0 Å². The van der Waals surface area contributed by atoms with Gasteiger partial charge in [-0.2, -0.15) is 13.2 Å². The van der Waals surface area contributed by atoms with Gasteiger partial charge in [-0.1, -0.05) is 17.7 Å². The van der Waals surface area contributed by atoms with Crippen molar-refractivity contribution in [2.75, 3.05) is 6.61 Å². The number of hydrogen-bond donors (Lipinski definition) is 2. The van der Waals surface area contributed by atoms with Crippen molar-refractivity contribution in [1.29, 1.82) is 0 Å². The number of aliphatic hydroxyl groups excluding tert-OH is 1. The lowest BCUT2D eigenvalue weighted by Gasteiger charge is -2.23. The van der Waals surface area contributed by atoms with E-state index in [2.05, 4.69) is 5.32 Å². The lowest BCUT2D eigenvalue weighted by atomic mass is 10.1. The van der Waals surface area contributed by atoms with Crippen molar-refractivity contribution in [2.45, 2.75) is 38.6 Å². The molecule has 0 spiro atoms. The zero-order chi connectivity index (χ0) is 17.1. The van der Waals surface area contributed by atoms with Crippen molar-refractivity contribution in [2.24, 2.45) is 0 Å². The molecule has 0 bridgehead atoms. The quantitative estimate of drug-likeness (QED) is 0.877. The number of aliphatic hydroxyl groups is 1. The molecule has 22 heavy (non-hydrogen) atoms. The molecule has 0 aromatic heterocycles. The van der Waals surface area contributed by atoms with Gasteiger partial charge in [0.2, 0.25) is 0 Å². The molecule has 0 fully saturated rings. The first-order valence-corrected chi connectivity index (χ1v) is 6.79. The van der Waals surface area contributed by atoms with Gasteiger partial charge in [-0.25, -0.2) is 4.79 Å². The van der Waals surface area contributed by atoms with Crippen LogP contribution in [0.15, 0.2) is 18.2 Å². The van der Waals surface area contributed by atoms with E-state index < -0.39 is 41.1 Å². The molecule has 0 unspecified atom stereocenters. The molecule has 1 amide bonds. The fourth-order valence-electron chi connectivity index (χ4n) is 1.66. The van der Waals surface area contributed by atoms with Crippen LogP contribution in [0.5, 0.6) is 0 Å². The third-order valence-electron chi connectivity index (χ3n) is 2.57. The van der Waals surface area contributed by atoms with E-state index in [0.29, 0.717) is 0 Å². The van der Waals surface area contributed by atoms with E-state index in [1.165, 1.54) is 0 Å². The minimum atomic E-state index is -4.57. The minimum absolute atomic E-state index is 0.242. The lowest BCUT2D eigenvalue weighted by Crippen LogP contribution is -2.36. The van der Waals surface area contributed by atoms with Gasteiger partial charge in [0, 0.05) is 0 Å². The van der Waals surface area contributed by atoms with Gasteiger partial charge in [-0.3, -0.25) is 0 Å². The summed E-state index contributed by atoms with van der Waals surface area (Å²) in [6.45, 7) is 4.47. The second kappa shape index (κ2) is 6.75. The van der Waals surface area contributed by atoms with Gasteiger partial charge >= 0.3 is 12.3 Å². The van der Waals surface area contributed by atoms with Crippen LogP contribution in [0.2, 0.25) is 5.02 Å². The van der Waals surface area contributed by atoms with Crippen molar-refractivity contribution < 1.29 is 27.8 Å². The number of benzene rings is 1. The Morgan fingerprint density at radius 1 is 1.36 bits per heavy atom. The number of amides is 1. The molecule has 0 aliphatic carbocycles. The zero-order valence-corrected chi connectivity index (χ0v) is 13.0. The first kappa shape index (κ1) is 18.6. The summed E-state index contributed by atoms with van der Waals surface area (Å²) < 4.78 is 42.9. The Bertz CT molecular complexity index is 541. The number of halogens is 4. The fraction of sp³-hybridized carbons (Fsp3) is 0.500. The molecule has 8 heteroatoms. The van der Waals surface area contributed by atoms with Gasteiger partial charge in [0.25, 0.3) is 0 Å². The molecule has 1 rings (SSSR count). The van der Waals surface area contributed by atoms with Crippen molar-refractivity contribution >= 4 is 17.7 Å². The molecule has 4 nitrogen and oxygen atoms in total. The summed E-state index contributed by atoms with van der Waals surface area (Å²) in [5, 5.41) is 11.2. The smallest absolute Gasteiger partial charge is 0.417 e. The highest BCUT2D eigenvalue weighted by atomic mass is 35.5. The molecular weight excluding hydrogens is 323 g/mol. The van der Waals surface area contributed by atoms with E-state index in [4.69, 9.17) is 16.3 Å². The van der Waals surface area contributed by atoms with Crippen LogP contribution in [-0.4, -0.2) is 23.4 Å². The van der Waals surface area contributed by atoms with Crippen LogP contribution >= 0.6 is 11.6 Å². The van der Waals surface area contributed by atoms with Crippen LogP contribution in [0.1, 0.15) is 37.9 Å². The minimum Gasteiger partial charge on any atom is -0.444 e. The van der Waals surface area contributed by atoms with Crippen LogP contribution in [0.25, 0.3) is 0 Å². The lowest BCUT2D eigenvalue weighted by molar-refractivity contribution is -0.137. The Hall–Kier alpha value is -1.47. The number of ether oxygens (including phenoxy) is 1. The van der Waals surface area contributed by atoms with Crippen LogP contribution in [0.3, 0.4) is 0 Å². The summed E-state index contributed by atoms with van der Waals surface area (Å²) >= 11 is 5.61.